The summed E-state index contributed by atoms with van der Waals surface area (Å²) in [5.74, 6) is -0.614. The average molecular weight is 504 g/mol. The number of anilines is 2. The van der Waals surface area contributed by atoms with Gasteiger partial charge in [0, 0.05) is 44.0 Å². The minimum Gasteiger partial charge on any atom is -0.355 e. The van der Waals surface area contributed by atoms with Crippen molar-refractivity contribution in [3.8, 4) is 0 Å². The lowest BCUT2D eigenvalue weighted by Gasteiger charge is -2.27. The molecule has 3 heterocycles. The number of benzene rings is 1. The molecule has 0 bridgehead atoms. The van der Waals surface area contributed by atoms with Gasteiger partial charge in [-0.05, 0) is 31.9 Å². The number of rotatable bonds is 7. The van der Waals surface area contributed by atoms with Crippen LogP contribution in [0, 0.1) is 12.7 Å². The Kier molecular flexibility index (Phi) is 6.69. The number of nitrogens with one attached hydrogen (secondary N) is 1. The molecule has 2 aromatic heterocycles. The van der Waals surface area contributed by atoms with Crippen LogP contribution in [-0.4, -0.2) is 66.3 Å². The third-order valence-electron chi connectivity index (χ3n) is 6.19. The predicted molar refractivity (Wildman–Crippen MR) is 133 cm³/mol. The summed E-state index contributed by atoms with van der Waals surface area (Å²) in [6.07, 6.45) is 4.25. The second kappa shape index (κ2) is 9.42. The van der Waals surface area contributed by atoms with Crippen molar-refractivity contribution in [2.45, 2.75) is 38.8 Å². The molecule has 188 valence electrons. The van der Waals surface area contributed by atoms with Crippen LogP contribution < -0.4 is 15.4 Å². The molecule has 1 fully saturated rings. The van der Waals surface area contributed by atoms with Gasteiger partial charge in [0.05, 0.1) is 29.2 Å². The fourth-order valence-corrected chi connectivity index (χ4v) is 5.08. The normalized spacial score (nSPS) is 17.1. The predicted octanol–water partition coefficient (Wildman–Crippen LogP) is 2.31. The fraction of sp³-hybridized carbons (Fsp3) is 0.435. The smallest absolute Gasteiger partial charge is 0.259 e. The molecular formula is C23H30FN7O3S. The Bertz CT molecular complexity index is 1370. The Balaban J connectivity index is 1.67. The van der Waals surface area contributed by atoms with Gasteiger partial charge in [-0.1, -0.05) is 13.0 Å². The van der Waals surface area contributed by atoms with Crippen molar-refractivity contribution in [3.63, 3.8) is 0 Å². The Morgan fingerprint density at radius 2 is 2.14 bits per heavy atom. The number of carbonyl (C=O) groups is 1. The maximum absolute atomic E-state index is 14.7. The highest BCUT2D eigenvalue weighted by Crippen LogP contribution is 2.29. The van der Waals surface area contributed by atoms with Crippen LogP contribution in [0.15, 0.2) is 30.5 Å². The third-order valence-corrected chi connectivity index (χ3v) is 6.78. The first-order chi connectivity index (χ1) is 16.5. The molecule has 0 saturated carbocycles. The minimum absolute atomic E-state index is 0.111. The topological polar surface area (TPSA) is 126 Å². The molecule has 35 heavy (non-hydrogen) atoms. The molecule has 10 nitrogen and oxygen atoms in total. The van der Waals surface area contributed by atoms with Gasteiger partial charge in [0.2, 0.25) is 10.0 Å². The molecule has 1 aliphatic heterocycles. The van der Waals surface area contributed by atoms with Gasteiger partial charge in [0.15, 0.2) is 5.65 Å². The maximum atomic E-state index is 14.7. The van der Waals surface area contributed by atoms with E-state index in [2.05, 4.69) is 14.7 Å². The van der Waals surface area contributed by atoms with Gasteiger partial charge in [-0.2, -0.15) is 5.10 Å². The monoisotopic (exact) mass is 503 g/mol. The Hall–Kier alpha value is -3.25. The molecule has 0 spiro atoms. The van der Waals surface area contributed by atoms with Gasteiger partial charge in [0.1, 0.15) is 11.6 Å². The van der Waals surface area contributed by atoms with E-state index in [0.717, 1.165) is 43.2 Å². The lowest BCUT2D eigenvalue weighted by molar-refractivity contribution is 0.0719. The van der Waals surface area contributed by atoms with E-state index in [9.17, 15) is 17.6 Å². The van der Waals surface area contributed by atoms with Crippen molar-refractivity contribution in [1.82, 2.24) is 19.5 Å². The molecular weight excluding hydrogens is 473 g/mol. The Morgan fingerprint density at radius 1 is 1.40 bits per heavy atom. The lowest BCUT2D eigenvalue weighted by Crippen LogP contribution is -2.32. The van der Waals surface area contributed by atoms with E-state index in [1.165, 1.54) is 17.0 Å². The van der Waals surface area contributed by atoms with Crippen LogP contribution >= 0.6 is 0 Å². The summed E-state index contributed by atoms with van der Waals surface area (Å²) in [6.45, 7) is 5.44. The van der Waals surface area contributed by atoms with Crippen LogP contribution in [0.4, 0.5) is 15.9 Å². The highest BCUT2D eigenvalue weighted by molar-refractivity contribution is 7.92. The highest BCUT2D eigenvalue weighted by Gasteiger charge is 2.29. The third kappa shape index (κ3) is 5.08. The molecule has 3 aromatic rings. The summed E-state index contributed by atoms with van der Waals surface area (Å²) in [4.78, 5) is 21.7. The van der Waals surface area contributed by atoms with E-state index in [1.54, 1.807) is 11.6 Å². The summed E-state index contributed by atoms with van der Waals surface area (Å²) in [5.41, 5.74) is 7.80. The van der Waals surface area contributed by atoms with Gasteiger partial charge in [-0.3, -0.25) is 9.52 Å². The quantitative estimate of drug-likeness (QED) is 0.507. The van der Waals surface area contributed by atoms with Crippen molar-refractivity contribution in [1.29, 1.82) is 0 Å². The van der Waals surface area contributed by atoms with Crippen molar-refractivity contribution in [2.24, 2.45) is 5.73 Å². The SMILES string of the molecule is CC[C@@H](c1cc2nc(N3CC[C@H](N)C3)c(C)cn2n1)N(C)C(=O)c1c(F)cccc1NS(C)(=O)=O. The van der Waals surface area contributed by atoms with Gasteiger partial charge in [-0.25, -0.2) is 22.3 Å². The zero-order chi connectivity index (χ0) is 25.5. The number of nitrogens with zero attached hydrogens (tertiary/aromatic N) is 5. The lowest BCUT2D eigenvalue weighted by atomic mass is 10.1. The van der Waals surface area contributed by atoms with Gasteiger partial charge >= 0.3 is 0 Å². The first-order valence-electron chi connectivity index (χ1n) is 11.4. The summed E-state index contributed by atoms with van der Waals surface area (Å²) < 4.78 is 42.1. The van der Waals surface area contributed by atoms with E-state index in [1.807, 2.05) is 26.1 Å². The molecule has 0 unspecified atom stereocenters. The summed E-state index contributed by atoms with van der Waals surface area (Å²) in [5, 5.41) is 4.64. The number of halogens is 1. The van der Waals surface area contributed by atoms with E-state index >= 15 is 0 Å². The minimum atomic E-state index is -3.71. The molecule has 1 aromatic carbocycles. The van der Waals surface area contributed by atoms with E-state index in [0.29, 0.717) is 17.8 Å². The molecule has 1 aliphatic rings. The van der Waals surface area contributed by atoms with Gasteiger partial charge in [-0.15, -0.1) is 0 Å². The van der Waals surface area contributed by atoms with Crippen LogP contribution in [-0.2, 0) is 10.0 Å². The molecule has 1 saturated heterocycles. The van der Waals surface area contributed by atoms with Crippen molar-refractivity contribution >= 4 is 33.1 Å². The number of aromatic nitrogens is 3. The molecule has 12 heteroatoms. The number of hydrogen-bond donors (Lipinski definition) is 2. The number of nitrogens with two attached hydrogens (primary N) is 1. The average Bonchev–Trinajstić information content (AvgIpc) is 3.37. The largest absolute Gasteiger partial charge is 0.355 e. The van der Waals surface area contributed by atoms with Crippen LogP contribution in [0.25, 0.3) is 5.65 Å². The number of aryl methyl sites for hydroxylation is 1. The zero-order valence-electron chi connectivity index (χ0n) is 20.2. The van der Waals surface area contributed by atoms with Crippen LogP contribution in [0.5, 0.6) is 0 Å². The van der Waals surface area contributed by atoms with Crippen molar-refractivity contribution < 1.29 is 17.6 Å². The second-order valence-electron chi connectivity index (χ2n) is 8.99. The first-order valence-corrected chi connectivity index (χ1v) is 13.3. The van der Waals surface area contributed by atoms with Crippen LogP contribution in [0.1, 0.15) is 47.4 Å². The zero-order valence-corrected chi connectivity index (χ0v) is 21.0. The molecule has 3 N–H and O–H groups in total. The summed E-state index contributed by atoms with van der Waals surface area (Å²) >= 11 is 0. The van der Waals surface area contributed by atoms with E-state index < -0.39 is 27.8 Å². The van der Waals surface area contributed by atoms with Crippen molar-refractivity contribution in [2.75, 3.05) is 36.0 Å². The number of amides is 1. The number of hydrogen-bond acceptors (Lipinski definition) is 7. The Morgan fingerprint density at radius 3 is 2.77 bits per heavy atom. The molecule has 2 atom stereocenters. The molecule has 1 amide bonds. The van der Waals surface area contributed by atoms with Crippen LogP contribution in [0.2, 0.25) is 0 Å². The standard InChI is InChI=1S/C23H30FN7O3S/c1-5-19(29(3)23(32)21-16(24)7-6-8-17(21)28-35(4,33)34)18-11-20-26-22(14(2)12-31(20)27-18)30-10-9-15(25)13-30/h6-8,11-12,15,19,28H,5,9-10,13,25H2,1-4H3/t15-,19-/m0/s1. The maximum Gasteiger partial charge on any atom is 0.259 e. The summed E-state index contributed by atoms with van der Waals surface area (Å²) in [6, 6.07) is 5.27. The van der Waals surface area contributed by atoms with E-state index in [-0.39, 0.29) is 17.3 Å². The van der Waals surface area contributed by atoms with E-state index in [4.69, 9.17) is 10.7 Å². The van der Waals surface area contributed by atoms with Crippen molar-refractivity contribution in [3.05, 3.63) is 53.1 Å². The van der Waals surface area contributed by atoms with Gasteiger partial charge < -0.3 is 15.5 Å². The molecule has 0 radical (unpaired) electrons. The van der Waals surface area contributed by atoms with Gasteiger partial charge in [0.25, 0.3) is 5.91 Å². The first kappa shape index (κ1) is 24.9. The van der Waals surface area contributed by atoms with Crippen LogP contribution in [0.3, 0.4) is 0 Å². The highest BCUT2D eigenvalue weighted by atomic mass is 32.2. The molecule has 0 aliphatic carbocycles. The Labute approximate surface area is 204 Å². The number of carbonyl (C=O) groups excluding carboxylic acids is 1. The second-order valence-corrected chi connectivity index (χ2v) is 10.7. The fourth-order valence-electron chi connectivity index (χ4n) is 4.51. The molecule has 4 rings (SSSR count). The number of fused-ring (bicyclic) bond motifs is 1. The summed E-state index contributed by atoms with van der Waals surface area (Å²) in [7, 11) is -2.16. The number of sulfonamides is 1.